The zero-order valence-electron chi connectivity index (χ0n) is 8.52. The number of aliphatic carboxylic acids is 1. The lowest BCUT2D eigenvalue weighted by molar-refractivity contribution is -0.137. The fraction of sp³-hybridized carbons (Fsp3) is 0.300. The number of pyridine rings is 1. The van der Waals surface area contributed by atoms with Gasteiger partial charge < -0.3 is 10.4 Å². The van der Waals surface area contributed by atoms with Crippen LogP contribution in [-0.2, 0) is 4.79 Å². The van der Waals surface area contributed by atoms with Gasteiger partial charge >= 0.3 is 5.97 Å². The van der Waals surface area contributed by atoms with Crippen molar-refractivity contribution < 1.29 is 14.7 Å². The second-order valence-electron chi connectivity index (χ2n) is 3.19. The molecule has 0 spiro atoms. The standard InChI is InChI=1S/C10H12N2O3/c1-6(10(14)15)12-9-4-3-8(5-11-9)7(2)13/h3-6H,1-2H3,(H,11,12)(H,14,15)/t6-/m1/s1. The second-order valence-corrected chi connectivity index (χ2v) is 3.19. The molecule has 80 valence electrons. The number of carbonyl (C=O) groups excluding carboxylic acids is 1. The number of carboxylic acids is 1. The van der Waals surface area contributed by atoms with Gasteiger partial charge in [-0.3, -0.25) is 9.59 Å². The first-order chi connectivity index (χ1) is 7.00. The minimum absolute atomic E-state index is 0.0691. The van der Waals surface area contributed by atoms with E-state index in [1.807, 2.05) is 0 Å². The van der Waals surface area contributed by atoms with Crippen molar-refractivity contribution in [1.82, 2.24) is 4.98 Å². The molecule has 1 aromatic rings. The molecule has 0 amide bonds. The highest BCUT2D eigenvalue weighted by molar-refractivity contribution is 5.93. The van der Waals surface area contributed by atoms with Gasteiger partial charge in [0.25, 0.3) is 0 Å². The van der Waals surface area contributed by atoms with Gasteiger partial charge in [-0.1, -0.05) is 0 Å². The summed E-state index contributed by atoms with van der Waals surface area (Å²) >= 11 is 0. The van der Waals surface area contributed by atoms with E-state index in [9.17, 15) is 9.59 Å². The third-order valence-electron chi connectivity index (χ3n) is 1.90. The molecule has 0 aromatic carbocycles. The van der Waals surface area contributed by atoms with E-state index in [0.717, 1.165) is 0 Å². The number of hydrogen-bond donors (Lipinski definition) is 2. The zero-order valence-corrected chi connectivity index (χ0v) is 8.52. The number of aromatic nitrogens is 1. The Hall–Kier alpha value is -1.91. The van der Waals surface area contributed by atoms with E-state index < -0.39 is 12.0 Å². The van der Waals surface area contributed by atoms with E-state index in [1.165, 1.54) is 20.0 Å². The van der Waals surface area contributed by atoms with Crippen LogP contribution in [0.25, 0.3) is 0 Å². The van der Waals surface area contributed by atoms with Crippen molar-refractivity contribution in [3.63, 3.8) is 0 Å². The van der Waals surface area contributed by atoms with Crippen LogP contribution in [0.15, 0.2) is 18.3 Å². The highest BCUT2D eigenvalue weighted by Crippen LogP contribution is 2.06. The molecular weight excluding hydrogens is 196 g/mol. The molecule has 5 nitrogen and oxygen atoms in total. The number of nitrogens with one attached hydrogen (secondary N) is 1. The van der Waals surface area contributed by atoms with Crippen LogP contribution in [0, 0.1) is 0 Å². The summed E-state index contributed by atoms with van der Waals surface area (Å²) in [6.07, 6.45) is 1.42. The van der Waals surface area contributed by atoms with E-state index in [1.54, 1.807) is 12.1 Å². The second kappa shape index (κ2) is 4.54. The molecule has 1 rings (SSSR count). The van der Waals surface area contributed by atoms with Crippen LogP contribution in [-0.4, -0.2) is 27.9 Å². The largest absolute Gasteiger partial charge is 0.480 e. The smallest absolute Gasteiger partial charge is 0.325 e. The summed E-state index contributed by atoms with van der Waals surface area (Å²) in [7, 11) is 0. The Kier molecular flexibility index (Phi) is 3.38. The Labute approximate surface area is 87.1 Å². The number of rotatable bonds is 4. The van der Waals surface area contributed by atoms with Gasteiger partial charge in [-0.05, 0) is 26.0 Å². The molecule has 0 radical (unpaired) electrons. The van der Waals surface area contributed by atoms with Crippen LogP contribution in [0.4, 0.5) is 5.82 Å². The molecule has 0 bridgehead atoms. The summed E-state index contributed by atoms with van der Waals surface area (Å²) in [6.45, 7) is 2.97. The topological polar surface area (TPSA) is 79.3 Å². The van der Waals surface area contributed by atoms with Crippen molar-refractivity contribution in [1.29, 1.82) is 0 Å². The van der Waals surface area contributed by atoms with Gasteiger partial charge in [-0.25, -0.2) is 4.98 Å². The van der Waals surface area contributed by atoms with Gasteiger partial charge in [0, 0.05) is 11.8 Å². The van der Waals surface area contributed by atoms with Crippen molar-refractivity contribution in [2.75, 3.05) is 5.32 Å². The summed E-state index contributed by atoms with van der Waals surface area (Å²) in [5, 5.41) is 11.3. The lowest BCUT2D eigenvalue weighted by Gasteiger charge is -2.09. The van der Waals surface area contributed by atoms with Gasteiger partial charge in [-0.15, -0.1) is 0 Å². The van der Waals surface area contributed by atoms with Crippen molar-refractivity contribution in [3.05, 3.63) is 23.9 Å². The molecule has 1 aromatic heterocycles. The summed E-state index contributed by atoms with van der Waals surface area (Å²) in [6, 6.07) is 2.48. The number of Topliss-reactive ketones (excluding diaryl/α,β-unsaturated/α-hetero) is 1. The average molecular weight is 208 g/mol. The predicted octanol–water partition coefficient (Wildman–Crippen LogP) is 1.17. The fourth-order valence-corrected chi connectivity index (χ4v) is 0.971. The van der Waals surface area contributed by atoms with E-state index >= 15 is 0 Å². The molecule has 0 aliphatic rings. The van der Waals surface area contributed by atoms with Gasteiger partial charge in [0.05, 0.1) is 0 Å². The molecular formula is C10H12N2O3. The van der Waals surface area contributed by atoms with Crippen LogP contribution >= 0.6 is 0 Å². The maximum atomic E-state index is 10.9. The Bertz CT molecular complexity index is 373. The number of nitrogens with zero attached hydrogens (tertiary/aromatic N) is 1. The maximum Gasteiger partial charge on any atom is 0.325 e. The van der Waals surface area contributed by atoms with Crippen molar-refractivity contribution in [2.24, 2.45) is 0 Å². The molecule has 0 aliphatic heterocycles. The third kappa shape index (κ3) is 3.05. The highest BCUT2D eigenvalue weighted by Gasteiger charge is 2.10. The first-order valence-corrected chi connectivity index (χ1v) is 4.47. The molecule has 1 atom stereocenters. The number of anilines is 1. The quantitative estimate of drug-likeness (QED) is 0.726. The monoisotopic (exact) mass is 208 g/mol. The molecule has 15 heavy (non-hydrogen) atoms. The summed E-state index contributed by atoms with van der Waals surface area (Å²) in [5.74, 6) is -0.581. The number of carbonyl (C=O) groups is 2. The van der Waals surface area contributed by atoms with Gasteiger partial charge in [0.1, 0.15) is 11.9 Å². The minimum Gasteiger partial charge on any atom is -0.480 e. The molecule has 0 saturated heterocycles. The lowest BCUT2D eigenvalue weighted by Crippen LogP contribution is -2.25. The molecule has 1 heterocycles. The van der Waals surface area contributed by atoms with Gasteiger partial charge in [0.15, 0.2) is 5.78 Å². The number of carboxylic acid groups (broad SMARTS) is 1. The normalized spacial score (nSPS) is 11.9. The highest BCUT2D eigenvalue weighted by atomic mass is 16.4. The lowest BCUT2D eigenvalue weighted by atomic mass is 10.2. The van der Waals surface area contributed by atoms with Crippen molar-refractivity contribution in [2.45, 2.75) is 19.9 Å². The van der Waals surface area contributed by atoms with E-state index in [4.69, 9.17) is 5.11 Å². The van der Waals surface area contributed by atoms with Crippen LogP contribution < -0.4 is 5.32 Å². The summed E-state index contributed by atoms with van der Waals surface area (Å²) in [4.78, 5) is 25.4. The fourth-order valence-electron chi connectivity index (χ4n) is 0.971. The minimum atomic E-state index is -0.951. The molecule has 0 saturated carbocycles. The van der Waals surface area contributed by atoms with E-state index in [-0.39, 0.29) is 5.78 Å². The Morgan fingerprint density at radius 3 is 2.53 bits per heavy atom. The first kappa shape index (κ1) is 11.2. The number of ketones is 1. The molecule has 2 N–H and O–H groups in total. The Morgan fingerprint density at radius 1 is 1.47 bits per heavy atom. The Morgan fingerprint density at radius 2 is 2.13 bits per heavy atom. The average Bonchev–Trinajstić information content (AvgIpc) is 2.18. The predicted molar refractivity (Wildman–Crippen MR) is 55.0 cm³/mol. The van der Waals surface area contributed by atoms with E-state index in [0.29, 0.717) is 11.4 Å². The summed E-state index contributed by atoms with van der Waals surface area (Å²) < 4.78 is 0. The van der Waals surface area contributed by atoms with Gasteiger partial charge in [0.2, 0.25) is 0 Å². The molecule has 0 unspecified atom stereocenters. The molecule has 0 fully saturated rings. The van der Waals surface area contributed by atoms with Crippen LogP contribution in [0.2, 0.25) is 0 Å². The van der Waals surface area contributed by atoms with Crippen LogP contribution in [0.1, 0.15) is 24.2 Å². The van der Waals surface area contributed by atoms with Crippen molar-refractivity contribution >= 4 is 17.6 Å². The molecule has 0 aliphatic carbocycles. The first-order valence-electron chi connectivity index (χ1n) is 4.47. The van der Waals surface area contributed by atoms with Crippen LogP contribution in [0.5, 0.6) is 0 Å². The zero-order chi connectivity index (χ0) is 11.4. The maximum absolute atomic E-state index is 10.9. The van der Waals surface area contributed by atoms with E-state index in [2.05, 4.69) is 10.3 Å². The molecule has 5 heteroatoms. The van der Waals surface area contributed by atoms with Gasteiger partial charge in [-0.2, -0.15) is 0 Å². The number of hydrogen-bond acceptors (Lipinski definition) is 4. The third-order valence-corrected chi connectivity index (χ3v) is 1.90. The van der Waals surface area contributed by atoms with Crippen LogP contribution in [0.3, 0.4) is 0 Å². The summed E-state index contributed by atoms with van der Waals surface area (Å²) in [5.41, 5.74) is 0.503. The van der Waals surface area contributed by atoms with Crippen molar-refractivity contribution in [3.8, 4) is 0 Å². The Balaban J connectivity index is 2.72. The SMILES string of the molecule is CC(=O)c1ccc(N[C@H](C)C(=O)O)nc1.